The van der Waals surface area contributed by atoms with Crippen molar-refractivity contribution in [1.82, 2.24) is 15.3 Å². The van der Waals surface area contributed by atoms with Crippen molar-refractivity contribution in [3.8, 4) is 11.5 Å². The summed E-state index contributed by atoms with van der Waals surface area (Å²) < 4.78 is 12.2. The highest BCUT2D eigenvalue weighted by molar-refractivity contribution is 9.10. The molecule has 5 rings (SSSR count). The second-order valence-corrected chi connectivity index (χ2v) is 7.97. The molecule has 3 aromatic heterocycles. The summed E-state index contributed by atoms with van der Waals surface area (Å²) in [5.41, 5.74) is 3.33. The molecular formula is C22H13BrN4O3S. The predicted octanol–water partition coefficient (Wildman–Crippen LogP) is 5.53. The standard InChI is InChI=1S/C22H13BrN4O3S/c23-14-7-13(10-24-11-14)21-26-16-9-15(5-6-18(16)30-21)25-22(31)27-20(28)19-8-12-3-1-2-4-17(12)29-19/h1-11H,(H2,25,27,28,31). The first-order valence-electron chi connectivity index (χ1n) is 9.17. The maximum atomic E-state index is 12.4. The van der Waals surface area contributed by atoms with Crippen molar-refractivity contribution in [2.24, 2.45) is 0 Å². The molecule has 5 aromatic rings. The summed E-state index contributed by atoms with van der Waals surface area (Å²) in [7, 11) is 0. The highest BCUT2D eigenvalue weighted by atomic mass is 79.9. The molecule has 0 saturated carbocycles. The van der Waals surface area contributed by atoms with Crippen LogP contribution >= 0.6 is 28.1 Å². The predicted molar refractivity (Wildman–Crippen MR) is 125 cm³/mol. The van der Waals surface area contributed by atoms with Gasteiger partial charge in [0, 0.05) is 27.9 Å². The molecule has 0 spiro atoms. The van der Waals surface area contributed by atoms with Gasteiger partial charge in [-0.05, 0) is 64.5 Å². The maximum Gasteiger partial charge on any atom is 0.293 e. The molecule has 0 aliphatic carbocycles. The van der Waals surface area contributed by atoms with Crippen LogP contribution in [-0.2, 0) is 0 Å². The van der Waals surface area contributed by atoms with Gasteiger partial charge in [0.05, 0.1) is 5.56 Å². The van der Waals surface area contributed by atoms with Crippen LogP contribution in [0.1, 0.15) is 10.6 Å². The minimum absolute atomic E-state index is 0.143. The van der Waals surface area contributed by atoms with E-state index in [0.717, 1.165) is 15.4 Å². The number of rotatable bonds is 3. The Morgan fingerprint density at radius 2 is 1.87 bits per heavy atom. The number of anilines is 1. The van der Waals surface area contributed by atoms with Crippen LogP contribution in [0.4, 0.5) is 5.69 Å². The number of hydrogen-bond acceptors (Lipinski definition) is 6. The lowest BCUT2D eigenvalue weighted by Gasteiger charge is -2.08. The summed E-state index contributed by atoms with van der Waals surface area (Å²) in [6.07, 6.45) is 3.37. The number of carbonyl (C=O) groups is 1. The van der Waals surface area contributed by atoms with Crippen molar-refractivity contribution in [3.05, 3.63) is 77.2 Å². The molecule has 0 aliphatic heterocycles. The first-order valence-corrected chi connectivity index (χ1v) is 10.4. The van der Waals surface area contributed by atoms with Gasteiger partial charge in [0.1, 0.15) is 11.1 Å². The number of oxazole rings is 1. The number of halogens is 1. The van der Waals surface area contributed by atoms with Crippen LogP contribution < -0.4 is 10.6 Å². The van der Waals surface area contributed by atoms with Crippen LogP contribution in [0.2, 0.25) is 0 Å². The number of furan rings is 1. The summed E-state index contributed by atoms with van der Waals surface area (Å²) >= 11 is 8.66. The van der Waals surface area contributed by atoms with Gasteiger partial charge in [0.25, 0.3) is 5.91 Å². The van der Waals surface area contributed by atoms with Gasteiger partial charge in [-0.15, -0.1) is 0 Å². The average molecular weight is 493 g/mol. The summed E-state index contributed by atoms with van der Waals surface area (Å²) in [6.45, 7) is 0. The van der Waals surface area contributed by atoms with Crippen molar-refractivity contribution in [2.45, 2.75) is 0 Å². The zero-order valence-corrected chi connectivity index (χ0v) is 18.2. The number of nitrogens with one attached hydrogen (secondary N) is 2. The van der Waals surface area contributed by atoms with Crippen molar-refractivity contribution >= 4 is 66.9 Å². The number of aromatic nitrogens is 2. The molecule has 2 N–H and O–H groups in total. The molecule has 0 saturated heterocycles. The van der Waals surface area contributed by atoms with Crippen molar-refractivity contribution in [1.29, 1.82) is 0 Å². The van der Waals surface area contributed by atoms with E-state index in [1.807, 2.05) is 24.3 Å². The molecule has 0 radical (unpaired) electrons. The summed E-state index contributed by atoms with van der Waals surface area (Å²) in [5, 5.41) is 6.59. The lowest BCUT2D eigenvalue weighted by atomic mass is 10.2. The average Bonchev–Trinajstić information content (AvgIpc) is 3.37. The van der Waals surface area contributed by atoms with Gasteiger partial charge in [-0.1, -0.05) is 18.2 Å². The molecule has 0 atom stereocenters. The van der Waals surface area contributed by atoms with E-state index in [1.54, 1.807) is 42.7 Å². The Balaban J connectivity index is 1.31. The fourth-order valence-corrected chi connectivity index (χ4v) is 3.65. The highest BCUT2D eigenvalue weighted by Gasteiger charge is 2.14. The highest BCUT2D eigenvalue weighted by Crippen LogP contribution is 2.27. The molecule has 0 unspecified atom stereocenters. The van der Waals surface area contributed by atoms with Gasteiger partial charge in [-0.25, -0.2) is 4.98 Å². The van der Waals surface area contributed by atoms with E-state index >= 15 is 0 Å². The number of fused-ring (bicyclic) bond motifs is 2. The Morgan fingerprint density at radius 3 is 2.71 bits per heavy atom. The van der Waals surface area contributed by atoms with Crippen molar-refractivity contribution in [2.75, 3.05) is 5.32 Å². The van der Waals surface area contributed by atoms with Gasteiger partial charge >= 0.3 is 0 Å². The molecule has 2 aromatic carbocycles. The number of pyridine rings is 1. The Kier molecular flexibility index (Phi) is 4.97. The van der Waals surface area contributed by atoms with E-state index in [9.17, 15) is 4.79 Å². The van der Waals surface area contributed by atoms with Crippen LogP contribution in [0, 0.1) is 0 Å². The van der Waals surface area contributed by atoms with Crippen LogP contribution in [0.15, 0.2) is 80.3 Å². The normalized spacial score (nSPS) is 11.0. The number of benzene rings is 2. The van der Waals surface area contributed by atoms with Crippen LogP contribution in [0.5, 0.6) is 0 Å². The van der Waals surface area contributed by atoms with E-state index in [1.165, 1.54) is 0 Å². The fourth-order valence-electron chi connectivity index (χ4n) is 3.08. The number of carbonyl (C=O) groups excluding carboxylic acids is 1. The Labute approximate surface area is 189 Å². The zero-order valence-electron chi connectivity index (χ0n) is 15.8. The Morgan fingerprint density at radius 1 is 1.00 bits per heavy atom. The molecule has 1 amide bonds. The molecule has 152 valence electrons. The number of nitrogens with zero attached hydrogens (tertiary/aromatic N) is 2. The van der Waals surface area contributed by atoms with E-state index in [2.05, 4.69) is 36.5 Å². The van der Waals surface area contributed by atoms with Gasteiger partial charge < -0.3 is 14.2 Å². The van der Waals surface area contributed by atoms with E-state index in [0.29, 0.717) is 28.3 Å². The molecule has 0 aliphatic rings. The molecule has 0 fully saturated rings. The van der Waals surface area contributed by atoms with E-state index in [4.69, 9.17) is 21.1 Å². The Bertz CT molecular complexity index is 1430. The lowest BCUT2D eigenvalue weighted by Crippen LogP contribution is -2.33. The van der Waals surface area contributed by atoms with Crippen LogP contribution in [0.25, 0.3) is 33.5 Å². The third-order valence-corrected chi connectivity index (χ3v) is 5.11. The number of amides is 1. The van der Waals surface area contributed by atoms with Crippen molar-refractivity contribution in [3.63, 3.8) is 0 Å². The first-order chi connectivity index (χ1) is 15.0. The molecule has 9 heteroatoms. The third-order valence-electron chi connectivity index (χ3n) is 4.47. The molecule has 0 bridgehead atoms. The quantitative estimate of drug-likeness (QED) is 0.320. The zero-order chi connectivity index (χ0) is 21.4. The first kappa shape index (κ1) is 19.4. The summed E-state index contributed by atoms with van der Waals surface area (Å²) in [5.74, 6) is 0.215. The number of hydrogen-bond donors (Lipinski definition) is 2. The number of para-hydroxylation sites is 1. The maximum absolute atomic E-state index is 12.4. The smallest absolute Gasteiger partial charge is 0.293 e. The SMILES string of the molecule is O=C(NC(=S)Nc1ccc2oc(-c3cncc(Br)c3)nc2c1)c1cc2ccccc2o1. The fraction of sp³-hybridized carbons (Fsp3) is 0. The Hall–Kier alpha value is -3.56. The van der Waals surface area contributed by atoms with Crippen molar-refractivity contribution < 1.29 is 13.6 Å². The molecule has 31 heavy (non-hydrogen) atoms. The van der Waals surface area contributed by atoms with Crippen LogP contribution in [-0.4, -0.2) is 21.0 Å². The molecule has 7 nitrogen and oxygen atoms in total. The second-order valence-electron chi connectivity index (χ2n) is 6.65. The van der Waals surface area contributed by atoms with E-state index in [-0.39, 0.29) is 10.9 Å². The summed E-state index contributed by atoms with van der Waals surface area (Å²) in [4.78, 5) is 21.1. The summed E-state index contributed by atoms with van der Waals surface area (Å²) in [6, 6.07) is 16.3. The van der Waals surface area contributed by atoms with Crippen LogP contribution in [0.3, 0.4) is 0 Å². The molecule has 3 heterocycles. The molecular weight excluding hydrogens is 480 g/mol. The third kappa shape index (κ3) is 4.05. The topological polar surface area (TPSA) is 93.2 Å². The van der Waals surface area contributed by atoms with Gasteiger partial charge in [0.15, 0.2) is 16.5 Å². The monoisotopic (exact) mass is 492 g/mol. The van der Waals surface area contributed by atoms with Gasteiger partial charge in [-0.2, -0.15) is 0 Å². The second kappa shape index (κ2) is 7.93. The minimum atomic E-state index is -0.430. The number of thiocarbonyl (C=S) groups is 1. The van der Waals surface area contributed by atoms with Gasteiger partial charge in [0.2, 0.25) is 5.89 Å². The van der Waals surface area contributed by atoms with Gasteiger partial charge in [-0.3, -0.25) is 15.1 Å². The van der Waals surface area contributed by atoms with E-state index < -0.39 is 5.91 Å². The largest absolute Gasteiger partial charge is 0.451 e. The lowest BCUT2D eigenvalue weighted by molar-refractivity contribution is 0.0953. The minimum Gasteiger partial charge on any atom is -0.451 e.